The van der Waals surface area contributed by atoms with Crippen LogP contribution in [-0.2, 0) is 27.1 Å². The van der Waals surface area contributed by atoms with Crippen molar-refractivity contribution in [2.45, 2.75) is 77.9 Å². The summed E-state index contributed by atoms with van der Waals surface area (Å²) in [5.74, 6) is 0.582. The van der Waals surface area contributed by atoms with E-state index in [0.29, 0.717) is 12.5 Å². The van der Waals surface area contributed by atoms with Crippen LogP contribution in [0, 0.1) is 11.3 Å². The van der Waals surface area contributed by atoms with Crippen molar-refractivity contribution in [3.8, 4) is 0 Å². The second-order valence-electron chi connectivity index (χ2n) is 10.2. The summed E-state index contributed by atoms with van der Waals surface area (Å²) in [5.41, 5.74) is 2.28. The molecule has 0 spiro atoms. The smallest absolute Gasteiger partial charge is 0.407 e. The lowest BCUT2D eigenvalue weighted by Crippen LogP contribution is -2.43. The van der Waals surface area contributed by atoms with E-state index in [0.717, 1.165) is 50.2 Å². The Hall–Kier alpha value is -2.35. The first-order valence-electron chi connectivity index (χ1n) is 11.7. The largest absolute Gasteiger partial charge is 0.480 e. The molecular formula is C24H37N3O5. The third-order valence-electron chi connectivity index (χ3n) is 5.94. The fourth-order valence-electron chi connectivity index (χ4n) is 3.98. The number of nitrogens with zero attached hydrogens (tertiary/aromatic N) is 1. The number of alkyl carbamates (subject to hydrolysis) is 1. The number of hydrogen-bond acceptors (Lipinski definition) is 6. The van der Waals surface area contributed by atoms with Gasteiger partial charge in [0.2, 0.25) is 0 Å². The van der Waals surface area contributed by atoms with E-state index in [2.05, 4.69) is 22.8 Å². The zero-order valence-electron chi connectivity index (χ0n) is 19.5. The Morgan fingerprint density at radius 1 is 1.31 bits per heavy atom. The van der Waals surface area contributed by atoms with E-state index in [4.69, 9.17) is 14.5 Å². The highest BCUT2D eigenvalue weighted by atomic mass is 16.5. The molecule has 178 valence electrons. The number of aryl methyl sites for hydroxylation is 2. The number of pyridine rings is 1. The molecule has 1 amide bonds. The van der Waals surface area contributed by atoms with Crippen molar-refractivity contribution in [3.63, 3.8) is 0 Å². The molecule has 2 heterocycles. The molecule has 1 aromatic rings. The van der Waals surface area contributed by atoms with E-state index in [1.54, 1.807) is 0 Å². The average Bonchev–Trinajstić information content (AvgIpc) is 2.71. The van der Waals surface area contributed by atoms with Crippen molar-refractivity contribution in [1.82, 2.24) is 10.3 Å². The number of ether oxygens (including phenoxy) is 2. The molecule has 1 aliphatic heterocycles. The van der Waals surface area contributed by atoms with Crippen LogP contribution in [-0.4, -0.2) is 54.1 Å². The van der Waals surface area contributed by atoms with Crippen molar-refractivity contribution in [3.05, 3.63) is 23.4 Å². The lowest BCUT2D eigenvalue weighted by molar-refractivity contribution is -0.140. The summed E-state index contributed by atoms with van der Waals surface area (Å²) in [7, 11) is 0. The highest BCUT2D eigenvalue weighted by Crippen LogP contribution is 2.34. The molecule has 1 aliphatic carbocycles. The Morgan fingerprint density at radius 2 is 2.09 bits per heavy atom. The summed E-state index contributed by atoms with van der Waals surface area (Å²) >= 11 is 0. The molecule has 32 heavy (non-hydrogen) atoms. The molecule has 2 aliphatic rings. The number of carbonyl (C=O) groups excluding carboxylic acids is 1. The van der Waals surface area contributed by atoms with E-state index in [-0.39, 0.29) is 24.5 Å². The number of nitrogens with one attached hydrogen (secondary N) is 2. The lowest BCUT2D eigenvalue weighted by Gasteiger charge is -2.35. The summed E-state index contributed by atoms with van der Waals surface area (Å²) < 4.78 is 10.9. The number of carboxylic acid groups (broad SMARTS) is 1. The molecule has 1 saturated carbocycles. The first kappa shape index (κ1) is 24.3. The molecule has 0 unspecified atom stereocenters. The molecular weight excluding hydrogens is 410 g/mol. The van der Waals surface area contributed by atoms with E-state index in [1.807, 2.05) is 20.8 Å². The van der Waals surface area contributed by atoms with Crippen LogP contribution in [0.3, 0.4) is 0 Å². The van der Waals surface area contributed by atoms with Crippen LogP contribution in [0.25, 0.3) is 0 Å². The van der Waals surface area contributed by atoms with Gasteiger partial charge in [0, 0.05) is 25.3 Å². The van der Waals surface area contributed by atoms with Crippen molar-refractivity contribution in [1.29, 1.82) is 0 Å². The second-order valence-corrected chi connectivity index (χ2v) is 10.2. The lowest BCUT2D eigenvalue weighted by atomic mass is 9.79. The molecule has 3 N–H and O–H groups in total. The van der Waals surface area contributed by atoms with Crippen molar-refractivity contribution >= 4 is 17.9 Å². The third kappa shape index (κ3) is 7.65. The quantitative estimate of drug-likeness (QED) is 0.501. The first-order valence-corrected chi connectivity index (χ1v) is 11.7. The van der Waals surface area contributed by atoms with Gasteiger partial charge in [-0.1, -0.05) is 26.8 Å². The number of fused-ring (bicyclic) bond motifs is 1. The van der Waals surface area contributed by atoms with E-state index < -0.39 is 18.1 Å². The van der Waals surface area contributed by atoms with Gasteiger partial charge in [0.05, 0.1) is 12.7 Å². The predicted octanol–water partition coefficient (Wildman–Crippen LogP) is 3.78. The van der Waals surface area contributed by atoms with Gasteiger partial charge in [-0.3, -0.25) is 0 Å². The van der Waals surface area contributed by atoms with Gasteiger partial charge < -0.3 is 25.2 Å². The Morgan fingerprint density at radius 3 is 2.81 bits per heavy atom. The number of amides is 1. The number of aromatic nitrogens is 1. The minimum Gasteiger partial charge on any atom is -0.480 e. The summed E-state index contributed by atoms with van der Waals surface area (Å²) in [6, 6.07) is 3.33. The molecule has 0 saturated heterocycles. The number of anilines is 1. The van der Waals surface area contributed by atoms with Crippen molar-refractivity contribution in [2.24, 2.45) is 11.3 Å². The SMILES string of the molecule is CC(C)(C)COC(=O)N[C@@H](CCOC1CC(CCc2ccc3c(n2)NCCC3)C1)C(=O)O. The second kappa shape index (κ2) is 11.0. The molecule has 0 bridgehead atoms. The summed E-state index contributed by atoms with van der Waals surface area (Å²) in [6.45, 7) is 7.34. The van der Waals surface area contributed by atoms with E-state index in [1.165, 1.54) is 12.0 Å². The average molecular weight is 448 g/mol. The predicted molar refractivity (Wildman–Crippen MR) is 122 cm³/mol. The van der Waals surface area contributed by atoms with Crippen LogP contribution in [0.5, 0.6) is 0 Å². The molecule has 1 atom stereocenters. The number of carbonyl (C=O) groups is 2. The maximum Gasteiger partial charge on any atom is 0.407 e. The van der Waals surface area contributed by atoms with Gasteiger partial charge in [-0.25, -0.2) is 14.6 Å². The summed E-state index contributed by atoms with van der Waals surface area (Å²) in [5, 5.41) is 15.1. The number of aliphatic carboxylic acids is 1. The maximum absolute atomic E-state index is 11.8. The van der Waals surface area contributed by atoms with Gasteiger partial charge in [-0.2, -0.15) is 0 Å². The van der Waals surface area contributed by atoms with Gasteiger partial charge >= 0.3 is 12.1 Å². The zero-order chi connectivity index (χ0) is 23.1. The molecule has 1 fully saturated rings. The molecule has 8 heteroatoms. The standard InChI is InChI=1S/C24H37N3O5/c1-24(2,3)15-32-23(30)27-20(22(28)29)10-12-31-19-13-16(14-19)6-8-18-9-7-17-5-4-11-25-21(17)26-18/h7,9,16,19-20H,4-6,8,10-15H2,1-3H3,(H,25,26)(H,27,30)(H,28,29)/t16?,19?,20-/m0/s1. The fourth-order valence-corrected chi connectivity index (χ4v) is 3.98. The fraction of sp³-hybridized carbons (Fsp3) is 0.708. The molecule has 0 radical (unpaired) electrons. The number of rotatable bonds is 10. The molecule has 3 rings (SSSR count). The van der Waals surface area contributed by atoms with Gasteiger partial charge in [-0.05, 0) is 61.5 Å². The Bertz CT molecular complexity index is 786. The van der Waals surface area contributed by atoms with Crippen LogP contribution in [0.2, 0.25) is 0 Å². The topological polar surface area (TPSA) is 110 Å². The van der Waals surface area contributed by atoms with Gasteiger partial charge in [-0.15, -0.1) is 0 Å². The summed E-state index contributed by atoms with van der Waals surface area (Å²) in [4.78, 5) is 28.0. The van der Waals surface area contributed by atoms with E-state index >= 15 is 0 Å². The molecule has 1 aromatic heterocycles. The highest BCUT2D eigenvalue weighted by molar-refractivity contribution is 5.79. The number of hydrogen-bond donors (Lipinski definition) is 3. The van der Waals surface area contributed by atoms with Crippen molar-refractivity contribution in [2.75, 3.05) is 25.1 Å². The van der Waals surface area contributed by atoms with Gasteiger partial charge in [0.25, 0.3) is 0 Å². The minimum absolute atomic E-state index is 0.167. The Balaban J connectivity index is 1.30. The number of carboxylic acids is 1. The molecule has 0 aromatic carbocycles. The van der Waals surface area contributed by atoms with Gasteiger partial charge in [0.15, 0.2) is 0 Å². The monoisotopic (exact) mass is 447 g/mol. The molecule has 8 nitrogen and oxygen atoms in total. The first-order chi connectivity index (χ1) is 15.2. The van der Waals surface area contributed by atoms with Crippen LogP contribution in [0.1, 0.15) is 64.1 Å². The van der Waals surface area contributed by atoms with Gasteiger partial charge in [0.1, 0.15) is 11.9 Å². The van der Waals surface area contributed by atoms with Crippen molar-refractivity contribution < 1.29 is 24.2 Å². The van der Waals surface area contributed by atoms with E-state index in [9.17, 15) is 14.7 Å². The minimum atomic E-state index is -1.08. The van der Waals surface area contributed by atoms with Crippen LogP contribution in [0.15, 0.2) is 12.1 Å². The normalized spacial score (nSPS) is 21.0. The summed E-state index contributed by atoms with van der Waals surface area (Å²) in [6.07, 6.45) is 5.98. The van der Waals surface area contributed by atoms with Crippen LogP contribution < -0.4 is 10.6 Å². The maximum atomic E-state index is 11.8. The zero-order valence-corrected chi connectivity index (χ0v) is 19.5. The van der Waals surface area contributed by atoms with Crippen LogP contribution >= 0.6 is 0 Å². The third-order valence-corrected chi connectivity index (χ3v) is 5.94. The Kier molecular flexibility index (Phi) is 8.34. The Labute approximate surface area is 190 Å². The highest BCUT2D eigenvalue weighted by Gasteiger charge is 2.30. The van der Waals surface area contributed by atoms with Crippen LogP contribution in [0.4, 0.5) is 10.6 Å².